The molecule has 3 rings (SSSR count). The fraction of sp³-hybridized carbons (Fsp3) is 0.250. The average molecular weight is 422 g/mol. The normalized spacial score (nSPS) is 11.0. The summed E-state index contributed by atoms with van der Waals surface area (Å²) in [5.74, 6) is 3.03. The van der Waals surface area contributed by atoms with Gasteiger partial charge in [0.1, 0.15) is 5.76 Å². The minimum Gasteiger partial charge on any atom is -0.440 e. The van der Waals surface area contributed by atoms with Crippen molar-refractivity contribution in [3.8, 4) is 0 Å². The second kappa shape index (κ2) is 11.3. The van der Waals surface area contributed by atoms with Crippen LogP contribution in [0.15, 0.2) is 76.2 Å². The Balaban J connectivity index is 1.47. The van der Waals surface area contributed by atoms with Crippen LogP contribution >= 0.6 is 11.8 Å². The Morgan fingerprint density at radius 1 is 0.967 bits per heavy atom. The number of amides is 1. The van der Waals surface area contributed by atoms with Gasteiger partial charge in [-0.2, -0.15) is 16.9 Å². The highest BCUT2D eigenvalue weighted by Gasteiger charge is 2.07. The number of nitrogens with one attached hydrogen (secondary N) is 1. The van der Waals surface area contributed by atoms with E-state index in [2.05, 4.69) is 53.5 Å². The predicted molar refractivity (Wildman–Crippen MR) is 125 cm³/mol. The molecule has 0 bridgehead atoms. The maximum Gasteiger partial charge on any atom is 0.271 e. The smallest absolute Gasteiger partial charge is 0.271 e. The molecule has 0 saturated carbocycles. The third kappa shape index (κ3) is 6.26. The monoisotopic (exact) mass is 421 g/mol. The second-order valence-corrected chi connectivity index (χ2v) is 7.71. The van der Waals surface area contributed by atoms with Crippen molar-refractivity contribution in [2.45, 2.75) is 25.4 Å². The number of carbonyl (C=O) groups is 1. The zero-order valence-corrected chi connectivity index (χ0v) is 18.2. The predicted octanol–water partition coefficient (Wildman–Crippen LogP) is 5.32. The number of hydrazone groups is 1. The zero-order valence-electron chi connectivity index (χ0n) is 17.4. The van der Waals surface area contributed by atoms with E-state index in [0.29, 0.717) is 11.3 Å². The summed E-state index contributed by atoms with van der Waals surface area (Å²) in [6.07, 6.45) is 1.51. The van der Waals surface area contributed by atoms with Crippen molar-refractivity contribution in [3.63, 3.8) is 0 Å². The summed E-state index contributed by atoms with van der Waals surface area (Å²) in [6.45, 7) is 5.90. The van der Waals surface area contributed by atoms with Crippen LogP contribution in [0.4, 0.5) is 5.88 Å². The summed E-state index contributed by atoms with van der Waals surface area (Å²) in [7, 11) is 0. The molecule has 2 aromatic carbocycles. The van der Waals surface area contributed by atoms with E-state index in [1.807, 2.05) is 54.2 Å². The lowest BCUT2D eigenvalue weighted by molar-refractivity contribution is 0.0955. The van der Waals surface area contributed by atoms with Crippen LogP contribution in [-0.4, -0.2) is 25.2 Å². The molecule has 0 aliphatic carbocycles. The molecule has 1 amide bonds. The molecule has 30 heavy (non-hydrogen) atoms. The van der Waals surface area contributed by atoms with Gasteiger partial charge in [-0.15, -0.1) is 0 Å². The number of hydrogen-bond acceptors (Lipinski definition) is 5. The first-order chi connectivity index (χ1) is 14.7. The fourth-order valence-electron chi connectivity index (χ4n) is 2.95. The van der Waals surface area contributed by atoms with Crippen LogP contribution in [0, 0.1) is 0 Å². The number of rotatable bonds is 10. The lowest BCUT2D eigenvalue weighted by Gasteiger charge is -2.16. The third-order valence-electron chi connectivity index (χ3n) is 4.64. The Labute approximate surface area is 182 Å². The van der Waals surface area contributed by atoms with Gasteiger partial charge < -0.3 is 9.32 Å². The van der Waals surface area contributed by atoms with E-state index in [4.69, 9.17) is 4.42 Å². The summed E-state index contributed by atoms with van der Waals surface area (Å²) in [5.41, 5.74) is 5.63. The van der Waals surface area contributed by atoms with Gasteiger partial charge in [-0.1, -0.05) is 42.5 Å². The minimum absolute atomic E-state index is 0.245. The van der Waals surface area contributed by atoms with Crippen molar-refractivity contribution in [3.05, 3.63) is 89.2 Å². The van der Waals surface area contributed by atoms with Gasteiger partial charge in [0, 0.05) is 36.2 Å². The number of benzene rings is 2. The van der Waals surface area contributed by atoms with Gasteiger partial charge in [-0.05, 0) is 43.2 Å². The van der Waals surface area contributed by atoms with Crippen LogP contribution in [0.3, 0.4) is 0 Å². The van der Waals surface area contributed by atoms with Gasteiger partial charge in [0.25, 0.3) is 5.91 Å². The highest BCUT2D eigenvalue weighted by atomic mass is 32.2. The highest BCUT2D eigenvalue weighted by molar-refractivity contribution is 7.97. The Bertz CT molecular complexity index is 948. The first kappa shape index (κ1) is 21.7. The van der Waals surface area contributed by atoms with Gasteiger partial charge in [0.15, 0.2) is 5.88 Å². The van der Waals surface area contributed by atoms with Crippen molar-refractivity contribution < 1.29 is 9.21 Å². The number of thioether (sulfide) groups is 1. The molecule has 6 heteroatoms. The molecule has 0 aliphatic heterocycles. The first-order valence-electron chi connectivity index (χ1n) is 10.1. The van der Waals surface area contributed by atoms with Crippen molar-refractivity contribution in [1.82, 2.24) is 5.43 Å². The van der Waals surface area contributed by atoms with E-state index in [1.165, 1.54) is 17.3 Å². The third-order valence-corrected chi connectivity index (χ3v) is 5.72. The summed E-state index contributed by atoms with van der Waals surface area (Å²) in [5, 5.41) is 4.01. The van der Waals surface area contributed by atoms with E-state index < -0.39 is 0 Å². The fourth-order valence-corrected chi connectivity index (χ4v) is 3.91. The van der Waals surface area contributed by atoms with E-state index in [0.717, 1.165) is 30.5 Å². The van der Waals surface area contributed by atoms with Crippen molar-refractivity contribution in [2.75, 3.05) is 18.0 Å². The molecule has 0 unspecified atom stereocenters. The molecule has 0 saturated heterocycles. The SMILES string of the molecule is CCN(CC)c1ccc(/C=N\NC(=O)c2ccc(CSCc3ccccc3)cc2)o1. The molecule has 0 aliphatic rings. The maximum atomic E-state index is 12.3. The average Bonchev–Trinajstić information content (AvgIpc) is 3.24. The lowest BCUT2D eigenvalue weighted by Crippen LogP contribution is -2.20. The molecule has 1 heterocycles. The van der Waals surface area contributed by atoms with Gasteiger partial charge in [-0.3, -0.25) is 4.79 Å². The molecule has 1 aromatic heterocycles. The van der Waals surface area contributed by atoms with E-state index >= 15 is 0 Å². The molecule has 5 nitrogen and oxygen atoms in total. The summed E-state index contributed by atoms with van der Waals surface area (Å²) in [6, 6.07) is 21.8. The molecule has 0 spiro atoms. The van der Waals surface area contributed by atoms with Crippen LogP contribution in [0.1, 0.15) is 41.1 Å². The molecular formula is C24H27N3O2S. The van der Waals surface area contributed by atoms with Crippen molar-refractivity contribution >= 4 is 29.8 Å². The second-order valence-electron chi connectivity index (χ2n) is 6.72. The molecule has 156 valence electrons. The number of carbonyl (C=O) groups excluding carboxylic acids is 1. The van der Waals surface area contributed by atoms with E-state index in [9.17, 15) is 4.79 Å². The van der Waals surface area contributed by atoms with E-state index in [1.54, 1.807) is 0 Å². The Morgan fingerprint density at radius 3 is 2.30 bits per heavy atom. The molecule has 0 radical (unpaired) electrons. The Kier molecular flexibility index (Phi) is 8.15. The molecule has 1 N–H and O–H groups in total. The van der Waals surface area contributed by atoms with E-state index in [-0.39, 0.29) is 5.91 Å². The number of furan rings is 1. The van der Waals surface area contributed by atoms with Crippen LogP contribution in [0.25, 0.3) is 0 Å². The highest BCUT2D eigenvalue weighted by Crippen LogP contribution is 2.18. The maximum absolute atomic E-state index is 12.3. The zero-order chi connectivity index (χ0) is 21.2. The lowest BCUT2D eigenvalue weighted by atomic mass is 10.1. The largest absolute Gasteiger partial charge is 0.440 e. The summed E-state index contributed by atoms with van der Waals surface area (Å²) < 4.78 is 5.72. The van der Waals surface area contributed by atoms with Crippen molar-refractivity contribution in [1.29, 1.82) is 0 Å². The molecule has 3 aromatic rings. The van der Waals surface area contributed by atoms with Gasteiger partial charge in [-0.25, -0.2) is 5.43 Å². The van der Waals surface area contributed by atoms with Crippen LogP contribution < -0.4 is 10.3 Å². The van der Waals surface area contributed by atoms with Gasteiger partial charge in [0.2, 0.25) is 0 Å². The molecule has 0 fully saturated rings. The Hall–Kier alpha value is -2.99. The van der Waals surface area contributed by atoms with Crippen molar-refractivity contribution in [2.24, 2.45) is 5.10 Å². The Morgan fingerprint density at radius 2 is 1.63 bits per heavy atom. The van der Waals surface area contributed by atoms with Crippen LogP contribution in [0.2, 0.25) is 0 Å². The first-order valence-corrected chi connectivity index (χ1v) is 11.2. The van der Waals surface area contributed by atoms with Crippen LogP contribution in [-0.2, 0) is 11.5 Å². The summed E-state index contributed by atoms with van der Waals surface area (Å²) in [4.78, 5) is 14.4. The van der Waals surface area contributed by atoms with Gasteiger partial charge >= 0.3 is 0 Å². The van der Waals surface area contributed by atoms with Crippen LogP contribution in [0.5, 0.6) is 0 Å². The number of anilines is 1. The molecular weight excluding hydrogens is 394 g/mol. The number of nitrogens with zero attached hydrogens (tertiary/aromatic N) is 2. The molecule has 0 atom stereocenters. The quantitative estimate of drug-likeness (QED) is 0.355. The minimum atomic E-state index is -0.245. The number of hydrogen-bond donors (Lipinski definition) is 1. The van der Waals surface area contributed by atoms with Gasteiger partial charge in [0.05, 0.1) is 6.21 Å². The summed E-state index contributed by atoms with van der Waals surface area (Å²) >= 11 is 1.85. The standard InChI is InChI=1S/C24H27N3O2S/c1-3-27(4-2)23-15-14-22(29-23)16-25-26-24(28)21-12-10-20(11-13-21)18-30-17-19-8-6-5-7-9-19/h5-16H,3-4,17-18H2,1-2H3,(H,26,28)/b25-16-. The topological polar surface area (TPSA) is 57.8 Å².